The van der Waals surface area contributed by atoms with Gasteiger partial charge in [0.15, 0.2) is 18.1 Å². The second kappa shape index (κ2) is 17.1. The zero-order valence-corrected chi connectivity index (χ0v) is 38.9. The topological polar surface area (TPSA) is 173 Å². The van der Waals surface area contributed by atoms with Gasteiger partial charge in [0.2, 0.25) is 17.7 Å². The summed E-state index contributed by atoms with van der Waals surface area (Å²) in [7, 11) is -1.10. The van der Waals surface area contributed by atoms with E-state index in [0.717, 1.165) is 21.9 Å². The molecular weight excluding hydrogens is 861 g/mol. The van der Waals surface area contributed by atoms with Crippen LogP contribution in [-0.2, 0) is 68.1 Å². The molecule has 15 nitrogen and oxygen atoms in total. The standard InChI is InChI=1S/C50H54N4O11Si/c1-29-48(66(5,6)39-18-16-38(62-4)17-19-39)42(23-43(58)51-27-34-10-8-7-9-33(34)21-37(51)28-55)65-50(29)40-22-36(54-45(60)25-47(54)64-31(3)57)15-20-41(40)52(49(50)61)26-32-11-13-35(14-12-32)53-44(59)24-46(53)63-30(2)56/h7-20,22,29,37,42,46-48,55H,21,23-28H2,1-6H3/t29-,37+,42+,46?,47?,48-,50+/m1/s1. The highest BCUT2D eigenvalue weighted by molar-refractivity contribution is 6.91. The van der Waals surface area contributed by atoms with E-state index >= 15 is 4.79 Å². The van der Waals surface area contributed by atoms with Crippen molar-refractivity contribution in [3.8, 4) is 5.75 Å². The third kappa shape index (κ3) is 7.54. The lowest BCUT2D eigenvalue weighted by Gasteiger charge is -2.39. The fraction of sp³-hybridized carbons (Fsp3) is 0.400. The van der Waals surface area contributed by atoms with Crippen molar-refractivity contribution >= 4 is 65.9 Å². The van der Waals surface area contributed by atoms with Gasteiger partial charge in [0.1, 0.15) is 5.75 Å². The largest absolute Gasteiger partial charge is 0.497 e. The van der Waals surface area contributed by atoms with Crippen LogP contribution in [-0.4, -0.2) is 92.0 Å². The average Bonchev–Trinajstić information content (AvgIpc) is 3.71. The Hall–Kier alpha value is -6.36. The summed E-state index contributed by atoms with van der Waals surface area (Å²) in [5, 5.41) is 11.7. The van der Waals surface area contributed by atoms with E-state index < -0.39 is 56.1 Å². The number of benzene rings is 4. The van der Waals surface area contributed by atoms with Gasteiger partial charge in [-0.15, -0.1) is 0 Å². The monoisotopic (exact) mass is 914 g/mol. The molecule has 3 saturated heterocycles. The Bertz CT molecular complexity index is 2620. The van der Waals surface area contributed by atoms with Crippen molar-refractivity contribution in [2.45, 2.75) is 108 Å². The van der Waals surface area contributed by atoms with Crippen LogP contribution in [0.5, 0.6) is 5.75 Å². The van der Waals surface area contributed by atoms with E-state index in [1.54, 1.807) is 47.2 Å². The smallest absolute Gasteiger partial charge is 0.304 e. The van der Waals surface area contributed by atoms with Gasteiger partial charge < -0.3 is 33.9 Å². The molecule has 4 aromatic rings. The van der Waals surface area contributed by atoms with E-state index in [2.05, 4.69) is 25.2 Å². The number of methoxy groups -OCH3 is 1. The molecule has 1 N–H and O–H groups in total. The Morgan fingerprint density at radius 3 is 2.00 bits per heavy atom. The number of esters is 2. The maximum atomic E-state index is 15.7. The molecule has 0 aromatic heterocycles. The summed E-state index contributed by atoms with van der Waals surface area (Å²) in [6.07, 6.45) is -1.68. The highest BCUT2D eigenvalue weighted by Gasteiger charge is 2.67. The molecule has 0 saturated carbocycles. The van der Waals surface area contributed by atoms with E-state index in [9.17, 15) is 29.1 Å². The summed E-state index contributed by atoms with van der Waals surface area (Å²) in [6.45, 7) is 9.31. The first kappa shape index (κ1) is 44.8. The first-order chi connectivity index (χ1) is 31.5. The van der Waals surface area contributed by atoms with Crippen molar-refractivity contribution in [3.05, 3.63) is 113 Å². The third-order valence-corrected chi connectivity index (χ3v) is 18.7. The summed E-state index contributed by atoms with van der Waals surface area (Å²) in [6, 6.07) is 27.9. The molecule has 16 heteroatoms. The van der Waals surface area contributed by atoms with Crippen molar-refractivity contribution in [1.29, 1.82) is 0 Å². The van der Waals surface area contributed by atoms with E-state index in [1.807, 2.05) is 55.5 Å². The van der Waals surface area contributed by atoms with Crippen molar-refractivity contribution in [1.82, 2.24) is 4.90 Å². The van der Waals surface area contributed by atoms with E-state index in [-0.39, 0.29) is 61.6 Å². The number of aliphatic hydroxyl groups excluding tert-OH is 1. The number of hydrogen-bond acceptors (Lipinski definition) is 11. The summed E-state index contributed by atoms with van der Waals surface area (Å²) in [5.41, 5.74) is 3.00. The molecule has 7 atom stereocenters. The predicted molar refractivity (Wildman–Crippen MR) is 245 cm³/mol. The molecule has 4 aromatic carbocycles. The zero-order valence-electron chi connectivity index (χ0n) is 37.9. The molecule has 0 radical (unpaired) electrons. The summed E-state index contributed by atoms with van der Waals surface area (Å²) < 4.78 is 23.7. The van der Waals surface area contributed by atoms with Crippen LogP contribution in [0.25, 0.3) is 0 Å². The van der Waals surface area contributed by atoms with Gasteiger partial charge in [-0.1, -0.05) is 73.7 Å². The van der Waals surface area contributed by atoms with Gasteiger partial charge in [-0.05, 0) is 71.1 Å². The Labute approximate surface area is 384 Å². The Morgan fingerprint density at radius 2 is 1.41 bits per heavy atom. The second-order valence-electron chi connectivity index (χ2n) is 18.5. The third-order valence-electron chi connectivity index (χ3n) is 14.3. The van der Waals surface area contributed by atoms with Crippen molar-refractivity contribution in [2.75, 3.05) is 28.4 Å². The van der Waals surface area contributed by atoms with Gasteiger partial charge >= 0.3 is 11.9 Å². The number of amides is 4. The molecule has 5 heterocycles. The van der Waals surface area contributed by atoms with Crippen LogP contribution >= 0.6 is 0 Å². The fourth-order valence-corrected chi connectivity index (χ4v) is 15.1. The molecule has 9 rings (SSSR count). The minimum absolute atomic E-state index is 0.0180. The number of ether oxygens (including phenoxy) is 4. The molecule has 0 bridgehead atoms. The maximum absolute atomic E-state index is 15.7. The van der Waals surface area contributed by atoms with Crippen LogP contribution in [0.2, 0.25) is 18.6 Å². The number of carbonyl (C=O) groups is 6. The molecule has 66 heavy (non-hydrogen) atoms. The highest BCUT2D eigenvalue weighted by atomic mass is 28.3. The van der Waals surface area contributed by atoms with Crippen LogP contribution in [0.3, 0.4) is 0 Å². The molecule has 0 aliphatic carbocycles. The van der Waals surface area contributed by atoms with E-state index in [0.29, 0.717) is 41.3 Å². The first-order valence-electron chi connectivity index (χ1n) is 22.4. The van der Waals surface area contributed by atoms with Crippen LogP contribution in [0, 0.1) is 5.92 Å². The number of anilines is 3. The predicted octanol–water partition coefficient (Wildman–Crippen LogP) is 5.05. The number of fused-ring (bicyclic) bond motifs is 3. The van der Waals surface area contributed by atoms with Gasteiger partial charge in [-0.3, -0.25) is 38.6 Å². The quantitative estimate of drug-likeness (QED) is 0.115. The maximum Gasteiger partial charge on any atom is 0.304 e. The van der Waals surface area contributed by atoms with Crippen molar-refractivity contribution < 1.29 is 52.8 Å². The lowest BCUT2D eigenvalue weighted by atomic mass is 9.82. The van der Waals surface area contributed by atoms with Gasteiger partial charge in [-0.25, -0.2) is 0 Å². The molecule has 344 valence electrons. The summed E-state index contributed by atoms with van der Waals surface area (Å²) in [4.78, 5) is 86.4. The Kier molecular flexibility index (Phi) is 11.6. The Morgan fingerprint density at radius 1 is 0.803 bits per heavy atom. The molecule has 3 fully saturated rings. The normalized spacial score (nSPS) is 25.6. The number of aliphatic hydroxyl groups is 1. The van der Waals surface area contributed by atoms with Crippen LogP contribution < -0.4 is 24.6 Å². The minimum Gasteiger partial charge on any atom is -0.497 e. The number of β-lactam (4-membered cyclic amide) rings is 2. The lowest BCUT2D eigenvalue weighted by Crippen LogP contribution is -2.55. The van der Waals surface area contributed by atoms with Gasteiger partial charge in [0.05, 0.1) is 65.4 Å². The molecule has 4 amide bonds. The second-order valence-corrected chi connectivity index (χ2v) is 23.2. The number of nitrogens with zero attached hydrogens (tertiary/aromatic N) is 4. The zero-order chi connectivity index (χ0) is 46.8. The molecular formula is C50H54N4O11Si. The number of rotatable bonds is 12. The fourth-order valence-electron chi connectivity index (χ4n) is 11.1. The molecule has 1 spiro atoms. The SMILES string of the molecule is COc1ccc([Si](C)(C)[C@H]2[C@H](CC(=O)N3Cc4ccccc4C[C@H]3CO)O[C@@]3(C(=O)N(Cc4ccc(N5C(=O)CC5OC(C)=O)cc4)c4ccc(N5C(=O)CC5OC(C)=O)cc43)[C@@H]2C)cc1. The number of hydrogen-bond donors (Lipinski definition) is 1. The van der Waals surface area contributed by atoms with E-state index in [4.69, 9.17) is 18.9 Å². The summed E-state index contributed by atoms with van der Waals surface area (Å²) in [5.74, 6) is -1.77. The van der Waals surface area contributed by atoms with Crippen molar-refractivity contribution in [3.63, 3.8) is 0 Å². The highest BCUT2D eigenvalue weighted by Crippen LogP contribution is 2.61. The Balaban J connectivity index is 1.12. The van der Waals surface area contributed by atoms with E-state index in [1.165, 1.54) is 23.6 Å². The number of carbonyl (C=O) groups excluding carboxylic acids is 6. The van der Waals surface area contributed by atoms with Crippen molar-refractivity contribution in [2.24, 2.45) is 5.92 Å². The summed E-state index contributed by atoms with van der Waals surface area (Å²) >= 11 is 0. The minimum atomic E-state index is -2.71. The van der Waals surface area contributed by atoms with Gasteiger partial charge in [0.25, 0.3) is 5.91 Å². The first-order valence-corrected chi connectivity index (χ1v) is 25.5. The molecule has 2 unspecified atom stereocenters. The molecule has 5 aliphatic rings. The van der Waals surface area contributed by atoms with Gasteiger partial charge in [0, 0.05) is 43.2 Å². The lowest BCUT2D eigenvalue weighted by molar-refractivity contribution is -0.155. The van der Waals surface area contributed by atoms with Crippen LogP contribution in [0.1, 0.15) is 62.3 Å². The molecule has 5 aliphatic heterocycles. The average molecular weight is 915 g/mol. The van der Waals surface area contributed by atoms with Gasteiger partial charge in [-0.2, -0.15) is 0 Å². The van der Waals surface area contributed by atoms with Crippen LogP contribution in [0.4, 0.5) is 17.1 Å². The van der Waals surface area contributed by atoms with Crippen LogP contribution in [0.15, 0.2) is 91.0 Å².